The molecule has 0 amide bonds. The van der Waals surface area contributed by atoms with Crippen molar-refractivity contribution in [3.8, 4) is 11.1 Å². The zero-order chi connectivity index (χ0) is 20.5. The quantitative estimate of drug-likeness (QED) is 0.441. The maximum Gasteiger partial charge on any atom is 0.355 e. The van der Waals surface area contributed by atoms with Crippen molar-refractivity contribution < 1.29 is 23.8 Å². The second-order valence-electron chi connectivity index (χ2n) is 6.31. The van der Waals surface area contributed by atoms with Crippen molar-refractivity contribution in [2.75, 3.05) is 19.8 Å². The van der Waals surface area contributed by atoms with Crippen LogP contribution in [-0.2, 0) is 20.9 Å². The van der Waals surface area contributed by atoms with Crippen molar-refractivity contribution in [2.45, 2.75) is 47.3 Å². The molecule has 0 aliphatic carbocycles. The molecule has 1 heterocycles. The maximum absolute atomic E-state index is 12.8. The molecule has 1 aromatic heterocycles. The van der Waals surface area contributed by atoms with Gasteiger partial charge in [-0.3, -0.25) is 0 Å². The molecule has 0 aliphatic rings. The molecule has 0 aliphatic heterocycles. The number of unbranched alkanes of at least 4 members (excludes halogenated alkanes) is 1. The summed E-state index contributed by atoms with van der Waals surface area (Å²) < 4.78 is 18.0. The lowest BCUT2D eigenvalue weighted by Crippen LogP contribution is -2.16. The number of rotatable bonds is 10. The van der Waals surface area contributed by atoms with Gasteiger partial charge in [0.05, 0.1) is 18.8 Å². The van der Waals surface area contributed by atoms with Gasteiger partial charge in [-0.1, -0.05) is 43.7 Å². The Labute approximate surface area is 166 Å². The maximum atomic E-state index is 12.8. The van der Waals surface area contributed by atoms with Gasteiger partial charge in [-0.2, -0.15) is 0 Å². The third kappa shape index (κ3) is 4.81. The second-order valence-corrected chi connectivity index (χ2v) is 6.31. The van der Waals surface area contributed by atoms with E-state index >= 15 is 0 Å². The minimum Gasteiger partial charge on any atom is -0.462 e. The number of hydrogen-bond donors (Lipinski definition) is 0. The molecule has 2 rings (SSSR count). The third-order valence-electron chi connectivity index (χ3n) is 4.40. The lowest BCUT2D eigenvalue weighted by Gasteiger charge is -2.12. The largest absolute Gasteiger partial charge is 0.462 e. The van der Waals surface area contributed by atoms with E-state index in [2.05, 4.69) is 6.92 Å². The zero-order valence-electron chi connectivity index (χ0n) is 17.1. The van der Waals surface area contributed by atoms with Crippen LogP contribution in [0, 0.1) is 6.92 Å². The molecule has 152 valence electrons. The van der Waals surface area contributed by atoms with Crippen LogP contribution in [0.1, 0.15) is 60.2 Å². The Morgan fingerprint density at radius 2 is 1.61 bits per heavy atom. The van der Waals surface area contributed by atoms with Gasteiger partial charge in [0.1, 0.15) is 12.4 Å². The Kier molecular flexibility index (Phi) is 8.26. The fourth-order valence-electron chi connectivity index (χ4n) is 3.05. The smallest absolute Gasteiger partial charge is 0.355 e. The van der Waals surface area contributed by atoms with Crippen LogP contribution in [0.2, 0.25) is 0 Å². The highest BCUT2D eigenvalue weighted by Crippen LogP contribution is 2.34. The highest BCUT2D eigenvalue weighted by atomic mass is 16.5. The second kappa shape index (κ2) is 10.7. The van der Waals surface area contributed by atoms with Gasteiger partial charge in [-0.15, -0.1) is 0 Å². The normalized spacial score (nSPS) is 10.7. The van der Waals surface area contributed by atoms with Crippen LogP contribution < -0.4 is 0 Å². The van der Waals surface area contributed by atoms with Crippen LogP contribution in [0.15, 0.2) is 30.3 Å². The van der Waals surface area contributed by atoms with Crippen molar-refractivity contribution in [3.05, 3.63) is 47.3 Å². The van der Waals surface area contributed by atoms with Crippen LogP contribution in [0.4, 0.5) is 0 Å². The number of hydrogen-bond acceptors (Lipinski definition) is 5. The van der Waals surface area contributed by atoms with E-state index in [9.17, 15) is 9.59 Å². The minimum atomic E-state index is -0.487. The Balaban J connectivity index is 2.66. The monoisotopic (exact) mass is 387 g/mol. The summed E-state index contributed by atoms with van der Waals surface area (Å²) in [7, 11) is 0. The predicted octanol–water partition coefficient (Wildman–Crippen LogP) is 4.59. The molecule has 0 spiro atoms. The molecule has 0 saturated heterocycles. The van der Waals surface area contributed by atoms with Gasteiger partial charge in [-0.25, -0.2) is 9.59 Å². The molecule has 1 aromatic carbocycles. The summed E-state index contributed by atoms with van der Waals surface area (Å²) >= 11 is 0. The summed E-state index contributed by atoms with van der Waals surface area (Å²) in [6.07, 6.45) is 1.93. The number of esters is 2. The zero-order valence-corrected chi connectivity index (χ0v) is 17.1. The molecule has 6 nitrogen and oxygen atoms in total. The molecule has 0 N–H and O–H groups in total. The SMILES string of the molecule is CCCCOCn1c(C)c(C(=O)OCC)c(-c2ccccc2)c1C(=O)OCC. The van der Waals surface area contributed by atoms with E-state index in [1.54, 1.807) is 25.3 Å². The average Bonchev–Trinajstić information content (AvgIpc) is 2.99. The number of carbonyl (C=O) groups is 2. The van der Waals surface area contributed by atoms with Crippen molar-refractivity contribution in [1.29, 1.82) is 0 Å². The first-order valence-electron chi connectivity index (χ1n) is 9.77. The highest BCUT2D eigenvalue weighted by molar-refractivity contribution is 6.06. The fourth-order valence-corrected chi connectivity index (χ4v) is 3.05. The Hall–Kier alpha value is -2.60. The van der Waals surface area contributed by atoms with Gasteiger partial charge in [0.2, 0.25) is 0 Å². The number of carbonyl (C=O) groups excluding carboxylic acids is 2. The van der Waals surface area contributed by atoms with Crippen molar-refractivity contribution >= 4 is 11.9 Å². The Morgan fingerprint density at radius 3 is 2.21 bits per heavy atom. The third-order valence-corrected chi connectivity index (χ3v) is 4.40. The highest BCUT2D eigenvalue weighted by Gasteiger charge is 2.31. The molecule has 6 heteroatoms. The van der Waals surface area contributed by atoms with Crippen LogP contribution in [0.25, 0.3) is 11.1 Å². The summed E-state index contributed by atoms with van der Waals surface area (Å²) in [6.45, 7) is 8.62. The first kappa shape index (κ1) is 21.7. The van der Waals surface area contributed by atoms with E-state index in [0.717, 1.165) is 18.4 Å². The number of nitrogens with zero attached hydrogens (tertiary/aromatic N) is 1. The van der Waals surface area contributed by atoms with E-state index in [1.165, 1.54) is 0 Å². The summed E-state index contributed by atoms with van der Waals surface area (Å²) in [5, 5.41) is 0. The Morgan fingerprint density at radius 1 is 0.964 bits per heavy atom. The first-order chi connectivity index (χ1) is 13.6. The van der Waals surface area contributed by atoms with Gasteiger partial charge in [-0.05, 0) is 32.8 Å². The topological polar surface area (TPSA) is 66.8 Å². The van der Waals surface area contributed by atoms with Crippen LogP contribution in [-0.4, -0.2) is 36.3 Å². The van der Waals surface area contributed by atoms with Gasteiger partial charge in [0.25, 0.3) is 0 Å². The average molecular weight is 387 g/mol. The van der Waals surface area contributed by atoms with E-state index < -0.39 is 11.9 Å². The van der Waals surface area contributed by atoms with Crippen molar-refractivity contribution in [1.82, 2.24) is 4.57 Å². The molecular weight excluding hydrogens is 358 g/mol. The number of aromatic nitrogens is 1. The standard InChI is InChI=1S/C22H29NO5/c1-5-8-14-26-15-23-16(4)18(21(24)27-6-2)19(17-12-10-9-11-13-17)20(23)22(25)28-7-3/h9-13H,5-8,14-15H2,1-4H3. The number of benzene rings is 1. The fraction of sp³-hybridized carbons (Fsp3) is 0.455. The lowest BCUT2D eigenvalue weighted by atomic mass is 10.00. The molecule has 28 heavy (non-hydrogen) atoms. The summed E-state index contributed by atoms with van der Waals surface area (Å²) in [5.74, 6) is -0.948. The van der Waals surface area contributed by atoms with Gasteiger partial charge in [0.15, 0.2) is 0 Å². The van der Waals surface area contributed by atoms with Crippen LogP contribution in [0.3, 0.4) is 0 Å². The van der Waals surface area contributed by atoms with Crippen LogP contribution >= 0.6 is 0 Å². The molecule has 2 aromatic rings. The molecule has 0 bridgehead atoms. The minimum absolute atomic E-state index is 0.166. The first-order valence-corrected chi connectivity index (χ1v) is 9.77. The predicted molar refractivity (Wildman–Crippen MR) is 107 cm³/mol. The van der Waals surface area contributed by atoms with Gasteiger partial charge >= 0.3 is 11.9 Å². The van der Waals surface area contributed by atoms with Gasteiger partial charge in [0, 0.05) is 17.9 Å². The molecule has 0 atom stereocenters. The molecular formula is C22H29NO5. The lowest BCUT2D eigenvalue weighted by molar-refractivity contribution is 0.0454. The Bertz CT molecular complexity index is 795. The molecule has 0 fully saturated rings. The molecule has 0 unspecified atom stereocenters. The van der Waals surface area contributed by atoms with E-state index in [4.69, 9.17) is 14.2 Å². The molecule has 0 saturated carbocycles. The van der Waals surface area contributed by atoms with E-state index in [-0.39, 0.29) is 19.9 Å². The van der Waals surface area contributed by atoms with E-state index in [1.807, 2.05) is 30.3 Å². The van der Waals surface area contributed by atoms with Gasteiger partial charge < -0.3 is 18.8 Å². The van der Waals surface area contributed by atoms with Crippen molar-refractivity contribution in [2.24, 2.45) is 0 Å². The summed E-state index contributed by atoms with van der Waals surface area (Å²) in [5.41, 5.74) is 2.58. The van der Waals surface area contributed by atoms with Crippen molar-refractivity contribution in [3.63, 3.8) is 0 Å². The number of ether oxygens (including phenoxy) is 3. The molecule has 0 radical (unpaired) electrons. The van der Waals surface area contributed by atoms with Crippen LogP contribution in [0.5, 0.6) is 0 Å². The summed E-state index contributed by atoms with van der Waals surface area (Å²) in [6, 6.07) is 9.34. The van der Waals surface area contributed by atoms with E-state index in [0.29, 0.717) is 29.1 Å². The summed E-state index contributed by atoms with van der Waals surface area (Å²) in [4.78, 5) is 25.6.